The Morgan fingerprint density at radius 3 is 1.89 bits per heavy atom. The number of ketones is 1. The summed E-state index contributed by atoms with van der Waals surface area (Å²) in [6, 6.07) is 0. The van der Waals surface area contributed by atoms with E-state index >= 15 is 0 Å². The van der Waals surface area contributed by atoms with E-state index in [1.165, 1.54) is 11.6 Å². The van der Waals surface area contributed by atoms with E-state index in [2.05, 4.69) is 32.6 Å². The minimum absolute atomic E-state index is 0.0493. The largest absolute Gasteiger partial charge is 0.508 e. The van der Waals surface area contributed by atoms with Gasteiger partial charge in [0.05, 0.1) is 12.2 Å². The minimum atomic E-state index is -0.703. The molecule has 0 bridgehead atoms. The second-order valence-electron chi connectivity index (χ2n) is 14.1. The molecule has 0 saturated heterocycles. The second-order valence-corrected chi connectivity index (χ2v) is 14.1. The molecule has 44 heavy (non-hydrogen) atoms. The predicted octanol–water partition coefficient (Wildman–Crippen LogP) is 9.14. The molecule has 3 N–H and O–H groups in total. The molecule has 0 unspecified atom stereocenters. The molecule has 2 aliphatic carbocycles. The highest BCUT2D eigenvalue weighted by Crippen LogP contribution is 2.53. The van der Waals surface area contributed by atoms with Gasteiger partial charge in [0.1, 0.15) is 5.76 Å². The van der Waals surface area contributed by atoms with Crippen LogP contribution in [0.5, 0.6) is 0 Å². The maximum Gasteiger partial charge on any atom is 0.165 e. The van der Waals surface area contributed by atoms with Crippen LogP contribution in [0.2, 0.25) is 0 Å². The Balaban J connectivity index is 1.95. The van der Waals surface area contributed by atoms with Crippen LogP contribution >= 0.6 is 0 Å². The average Bonchev–Trinajstić information content (AvgIpc) is 3.11. The van der Waals surface area contributed by atoms with Gasteiger partial charge in [0.25, 0.3) is 0 Å². The molecule has 1 fully saturated rings. The fourth-order valence-electron chi connectivity index (χ4n) is 6.04. The molecule has 0 amide bonds. The molecule has 2 rings (SSSR count). The van der Waals surface area contributed by atoms with Crippen LogP contribution in [0.15, 0.2) is 106 Å². The third-order valence-electron chi connectivity index (χ3n) is 9.12. The van der Waals surface area contributed by atoms with E-state index in [0.29, 0.717) is 24.8 Å². The first-order chi connectivity index (χ1) is 20.4. The molecule has 238 valence electrons. The Labute approximate surface area is 266 Å². The minimum Gasteiger partial charge on any atom is -0.508 e. The van der Waals surface area contributed by atoms with Crippen LogP contribution in [0.1, 0.15) is 94.9 Å². The quantitative estimate of drug-likeness (QED) is 0.107. The number of hydrogen-bond donors (Lipinski definition) is 3. The van der Waals surface area contributed by atoms with Gasteiger partial charge in [-0.25, -0.2) is 0 Å². The number of aliphatic hydroxyl groups is 3. The van der Waals surface area contributed by atoms with Crippen LogP contribution in [0, 0.1) is 28.1 Å². The van der Waals surface area contributed by atoms with Gasteiger partial charge in [0.2, 0.25) is 0 Å². The summed E-state index contributed by atoms with van der Waals surface area (Å²) in [6.45, 7) is 20.1. The first-order valence-electron chi connectivity index (χ1n) is 15.6. The smallest absolute Gasteiger partial charge is 0.165 e. The van der Waals surface area contributed by atoms with Gasteiger partial charge in [-0.05, 0) is 76.9 Å². The van der Waals surface area contributed by atoms with Crippen molar-refractivity contribution in [1.82, 2.24) is 0 Å². The van der Waals surface area contributed by atoms with Crippen molar-refractivity contribution in [2.75, 3.05) is 0 Å². The summed E-state index contributed by atoms with van der Waals surface area (Å²) in [5.41, 5.74) is 4.93. The predicted molar refractivity (Wildman–Crippen MR) is 185 cm³/mol. The molecule has 0 spiro atoms. The highest BCUT2D eigenvalue weighted by Gasteiger charge is 2.53. The van der Waals surface area contributed by atoms with E-state index in [0.717, 1.165) is 28.7 Å². The SMILES string of the molecule is CC1=C(C#C\C(C)=C/C=C/C(C)=C/C=C/C=C(C)/C=C/C=C(C)/C(O)=C/C(=O)[C@]2(C)C[C@@H](O)CC2(C)C)C(C)(C)C[C@H](O)C1. The molecule has 0 radical (unpaired) electrons. The van der Waals surface area contributed by atoms with E-state index < -0.39 is 11.5 Å². The fourth-order valence-corrected chi connectivity index (χ4v) is 6.04. The maximum absolute atomic E-state index is 13.0. The lowest BCUT2D eigenvalue weighted by Crippen LogP contribution is -2.36. The monoisotopic (exact) mass is 598 g/mol. The summed E-state index contributed by atoms with van der Waals surface area (Å²) in [5.74, 6) is 6.43. The second kappa shape index (κ2) is 15.6. The van der Waals surface area contributed by atoms with Crippen LogP contribution in [-0.4, -0.2) is 33.3 Å². The molecular weight excluding hydrogens is 544 g/mol. The normalized spacial score (nSPS) is 27.0. The Hall–Kier alpha value is -3.39. The van der Waals surface area contributed by atoms with Gasteiger partial charge in [-0.1, -0.05) is 124 Å². The third kappa shape index (κ3) is 10.4. The zero-order valence-corrected chi connectivity index (χ0v) is 28.6. The van der Waals surface area contributed by atoms with Gasteiger partial charge in [0, 0.05) is 22.5 Å². The molecule has 0 aromatic rings. The molecule has 4 heteroatoms. The molecule has 0 aliphatic heterocycles. The first-order valence-corrected chi connectivity index (χ1v) is 15.6. The first kappa shape index (κ1) is 36.8. The number of carbonyl (C=O) groups is 1. The van der Waals surface area contributed by atoms with Gasteiger partial charge in [-0.15, -0.1) is 0 Å². The summed E-state index contributed by atoms with van der Waals surface area (Å²) in [7, 11) is 0. The highest BCUT2D eigenvalue weighted by molar-refractivity contribution is 5.96. The van der Waals surface area contributed by atoms with E-state index in [9.17, 15) is 20.1 Å². The lowest BCUT2D eigenvalue weighted by atomic mass is 9.66. The lowest BCUT2D eigenvalue weighted by Gasteiger charge is -2.35. The van der Waals surface area contributed by atoms with Gasteiger partial charge in [-0.2, -0.15) is 0 Å². The third-order valence-corrected chi connectivity index (χ3v) is 9.12. The van der Waals surface area contributed by atoms with Crippen LogP contribution in [0.4, 0.5) is 0 Å². The summed E-state index contributed by atoms with van der Waals surface area (Å²) in [4.78, 5) is 13.0. The number of allylic oxidation sites excluding steroid dienone is 16. The van der Waals surface area contributed by atoms with Crippen LogP contribution < -0.4 is 0 Å². The maximum atomic E-state index is 13.0. The van der Waals surface area contributed by atoms with Crippen molar-refractivity contribution in [3.8, 4) is 11.8 Å². The summed E-state index contributed by atoms with van der Waals surface area (Å²) in [5, 5.41) is 30.7. The number of hydrogen-bond acceptors (Lipinski definition) is 4. The molecule has 1 saturated carbocycles. The number of aliphatic hydroxyl groups excluding tert-OH is 3. The van der Waals surface area contributed by atoms with Crippen molar-refractivity contribution in [2.24, 2.45) is 16.2 Å². The summed E-state index contributed by atoms with van der Waals surface area (Å²) < 4.78 is 0. The lowest BCUT2D eigenvalue weighted by molar-refractivity contribution is -0.127. The van der Waals surface area contributed by atoms with Crippen molar-refractivity contribution < 1.29 is 20.1 Å². The molecule has 4 nitrogen and oxygen atoms in total. The van der Waals surface area contributed by atoms with Gasteiger partial charge in [-0.3, -0.25) is 4.79 Å². The highest BCUT2D eigenvalue weighted by atomic mass is 16.3. The van der Waals surface area contributed by atoms with Crippen molar-refractivity contribution in [2.45, 2.75) is 107 Å². The molecular formula is C40H54O4. The van der Waals surface area contributed by atoms with E-state index in [1.54, 1.807) is 13.0 Å². The Kier molecular flexibility index (Phi) is 13.0. The zero-order chi connectivity index (χ0) is 33.3. The molecule has 0 aromatic carbocycles. The molecule has 2 aliphatic rings. The summed E-state index contributed by atoms with van der Waals surface area (Å²) in [6.07, 6.45) is 22.6. The van der Waals surface area contributed by atoms with E-state index in [1.807, 2.05) is 96.2 Å². The average molecular weight is 599 g/mol. The zero-order valence-electron chi connectivity index (χ0n) is 28.6. The molecule has 3 atom stereocenters. The van der Waals surface area contributed by atoms with Gasteiger partial charge in [0.15, 0.2) is 5.78 Å². The number of rotatable bonds is 9. The fraction of sp³-hybridized carbons (Fsp3) is 0.475. The van der Waals surface area contributed by atoms with Crippen LogP contribution in [0.25, 0.3) is 0 Å². The Bertz CT molecular complexity index is 1420. The van der Waals surface area contributed by atoms with Crippen LogP contribution in [-0.2, 0) is 4.79 Å². The topological polar surface area (TPSA) is 77.8 Å². The molecule has 0 heterocycles. The standard InChI is InChI=1S/C40H54O4/c1-28(17-13-18-30(3)21-22-35-32(5)23-33(41)25-38(35,6)7)15-11-12-16-29(2)19-14-20-31(4)36(43)24-37(44)40(10)27-34(42)26-39(40,8)9/h11-20,24,33-34,41-43H,23,25-27H2,1-10H3/b12-11+,17-13+,19-14+,28-15+,29-16+,30-18-,31-20+,36-24-/t33-,34+,40+/m1/s1. The summed E-state index contributed by atoms with van der Waals surface area (Å²) >= 11 is 0. The van der Waals surface area contributed by atoms with Crippen molar-refractivity contribution >= 4 is 5.78 Å². The van der Waals surface area contributed by atoms with Crippen LogP contribution in [0.3, 0.4) is 0 Å². The van der Waals surface area contributed by atoms with Crippen molar-refractivity contribution in [3.05, 3.63) is 106 Å². The van der Waals surface area contributed by atoms with Gasteiger partial charge < -0.3 is 15.3 Å². The Morgan fingerprint density at radius 2 is 1.36 bits per heavy atom. The number of carbonyl (C=O) groups excluding carboxylic acids is 1. The van der Waals surface area contributed by atoms with E-state index in [4.69, 9.17) is 0 Å². The van der Waals surface area contributed by atoms with Gasteiger partial charge >= 0.3 is 0 Å². The van der Waals surface area contributed by atoms with Crippen molar-refractivity contribution in [1.29, 1.82) is 0 Å². The van der Waals surface area contributed by atoms with Crippen molar-refractivity contribution in [3.63, 3.8) is 0 Å². The van der Waals surface area contributed by atoms with E-state index in [-0.39, 0.29) is 28.5 Å². The Morgan fingerprint density at radius 1 is 0.795 bits per heavy atom. The molecule has 0 aromatic heterocycles.